The molecule has 0 aromatic carbocycles. The van der Waals surface area contributed by atoms with E-state index in [2.05, 4.69) is 54.0 Å². The van der Waals surface area contributed by atoms with E-state index in [4.69, 9.17) is 24.4 Å². The van der Waals surface area contributed by atoms with Crippen LogP contribution in [-0.4, -0.2) is 52.8 Å². The molecule has 0 aliphatic carbocycles. The number of carbonyl (C=O) groups excluding carboxylic acids is 2. The minimum atomic E-state index is -4.77. The van der Waals surface area contributed by atoms with E-state index >= 15 is 0 Å². The fourth-order valence-corrected chi connectivity index (χ4v) is 6.29. The quantitative estimate of drug-likeness (QED) is 0.0240. The molecule has 314 valence electrons. The summed E-state index contributed by atoms with van der Waals surface area (Å²) in [5.41, 5.74) is 0. The van der Waals surface area contributed by atoms with Gasteiger partial charge < -0.3 is 24.4 Å². The average Bonchev–Trinajstić information content (AvgIpc) is 3.14. The summed E-state index contributed by atoms with van der Waals surface area (Å²) in [4.78, 5) is 42.8. The summed E-state index contributed by atoms with van der Waals surface area (Å²) in [6.45, 7) is 1.67. The predicted octanol–water partition coefficient (Wildman–Crippen LogP) is 12.1. The zero-order chi connectivity index (χ0) is 39.6. The molecule has 0 rings (SSSR count). The van der Waals surface area contributed by atoms with Crippen molar-refractivity contribution in [1.82, 2.24) is 0 Å². The summed E-state index contributed by atoms with van der Waals surface area (Å²) in [5.74, 6) is -0.960. The van der Waals surface area contributed by atoms with Gasteiger partial charge in [0.2, 0.25) is 0 Å². The fraction of sp³-hybridized carbons (Fsp3) is 0.773. The van der Waals surface area contributed by atoms with Gasteiger partial charge in [-0.3, -0.25) is 14.1 Å². The number of hydrogen-bond donors (Lipinski definition) is 3. The molecule has 0 heterocycles. The van der Waals surface area contributed by atoms with Crippen molar-refractivity contribution in [2.24, 2.45) is 0 Å². The van der Waals surface area contributed by atoms with Gasteiger partial charge in [0.1, 0.15) is 6.61 Å². The van der Waals surface area contributed by atoms with Gasteiger partial charge in [-0.05, 0) is 57.8 Å². The molecule has 0 saturated carbocycles. The van der Waals surface area contributed by atoms with Gasteiger partial charge in [-0.1, -0.05) is 171 Å². The first-order valence-electron chi connectivity index (χ1n) is 21.5. The number of allylic oxidation sites excluding steroid dienone is 8. The lowest BCUT2D eigenvalue weighted by molar-refractivity contribution is -0.161. The molecule has 3 N–H and O–H groups in total. The van der Waals surface area contributed by atoms with Crippen molar-refractivity contribution in [3.63, 3.8) is 0 Å². The molecule has 9 nitrogen and oxygen atoms in total. The van der Waals surface area contributed by atoms with Gasteiger partial charge in [-0.2, -0.15) is 0 Å². The molecule has 1 atom stereocenters. The molecule has 0 unspecified atom stereocenters. The van der Waals surface area contributed by atoms with Gasteiger partial charge in [0, 0.05) is 19.4 Å². The molecule has 0 aromatic heterocycles. The van der Waals surface area contributed by atoms with E-state index in [9.17, 15) is 14.2 Å². The average molecular weight is 783 g/mol. The predicted molar refractivity (Wildman–Crippen MR) is 222 cm³/mol. The number of carbonyl (C=O) groups is 2. The van der Waals surface area contributed by atoms with Crippen molar-refractivity contribution in [3.05, 3.63) is 48.6 Å². The normalized spacial score (nSPS) is 12.9. The minimum Gasteiger partial charge on any atom is -0.462 e. The Balaban J connectivity index is 3.97. The van der Waals surface area contributed by atoms with E-state index in [0.29, 0.717) is 19.3 Å². The van der Waals surface area contributed by atoms with Crippen LogP contribution in [0.2, 0.25) is 0 Å². The van der Waals surface area contributed by atoms with Crippen LogP contribution in [0.1, 0.15) is 193 Å². The highest BCUT2D eigenvalue weighted by molar-refractivity contribution is 7.46. The molecular formula is C44H79O9P. The summed E-state index contributed by atoms with van der Waals surface area (Å²) in [5, 5.41) is 8.77. The Morgan fingerprint density at radius 1 is 0.519 bits per heavy atom. The van der Waals surface area contributed by atoms with Crippen LogP contribution in [0.5, 0.6) is 0 Å². The zero-order valence-corrected chi connectivity index (χ0v) is 35.0. The summed E-state index contributed by atoms with van der Waals surface area (Å²) in [6.07, 6.45) is 47.1. The van der Waals surface area contributed by atoms with Crippen LogP contribution in [0, 0.1) is 0 Å². The molecule has 0 bridgehead atoms. The topological polar surface area (TPSA) is 140 Å². The lowest BCUT2D eigenvalue weighted by atomic mass is 10.0. The number of ether oxygens (including phenoxy) is 2. The van der Waals surface area contributed by atoms with Crippen LogP contribution in [0.15, 0.2) is 48.6 Å². The molecule has 0 spiro atoms. The summed E-state index contributed by atoms with van der Waals surface area (Å²) in [6, 6.07) is 0. The lowest BCUT2D eigenvalue weighted by Crippen LogP contribution is -2.29. The maximum absolute atomic E-state index is 12.4. The van der Waals surface area contributed by atoms with E-state index in [1.165, 1.54) is 89.9 Å². The molecule has 0 aliphatic heterocycles. The monoisotopic (exact) mass is 783 g/mol. The van der Waals surface area contributed by atoms with E-state index in [1.54, 1.807) is 0 Å². The van der Waals surface area contributed by atoms with E-state index in [1.807, 2.05) is 6.08 Å². The first kappa shape index (κ1) is 52.0. The molecule has 0 fully saturated rings. The van der Waals surface area contributed by atoms with E-state index < -0.39 is 32.5 Å². The van der Waals surface area contributed by atoms with Crippen molar-refractivity contribution >= 4 is 19.8 Å². The smallest absolute Gasteiger partial charge is 0.462 e. The van der Waals surface area contributed by atoms with Crippen LogP contribution >= 0.6 is 7.82 Å². The molecule has 0 saturated heterocycles. The lowest BCUT2D eigenvalue weighted by Gasteiger charge is -2.18. The number of rotatable bonds is 40. The van der Waals surface area contributed by atoms with Gasteiger partial charge in [0.25, 0.3) is 0 Å². The Kier molecular flexibility index (Phi) is 39.1. The van der Waals surface area contributed by atoms with Gasteiger partial charge in [0.15, 0.2) is 6.10 Å². The zero-order valence-electron chi connectivity index (χ0n) is 34.1. The van der Waals surface area contributed by atoms with Crippen molar-refractivity contribution in [3.8, 4) is 0 Å². The van der Waals surface area contributed by atoms with Crippen LogP contribution in [0.4, 0.5) is 0 Å². The van der Waals surface area contributed by atoms with Crippen molar-refractivity contribution in [1.29, 1.82) is 0 Å². The maximum Gasteiger partial charge on any atom is 0.469 e. The number of phosphoric ester groups is 1. The summed E-state index contributed by atoms with van der Waals surface area (Å²) >= 11 is 0. The Bertz CT molecular complexity index is 1020. The first-order valence-corrected chi connectivity index (χ1v) is 23.1. The number of aliphatic hydroxyl groups excluding tert-OH is 1. The van der Waals surface area contributed by atoms with Crippen LogP contribution < -0.4 is 0 Å². The minimum absolute atomic E-state index is 0.182. The summed E-state index contributed by atoms with van der Waals surface area (Å²) in [7, 11) is -4.77. The summed E-state index contributed by atoms with van der Waals surface area (Å²) < 4.78 is 26.3. The van der Waals surface area contributed by atoms with Crippen molar-refractivity contribution in [2.45, 2.75) is 199 Å². The second-order valence-electron chi connectivity index (χ2n) is 14.4. The van der Waals surface area contributed by atoms with Crippen LogP contribution in [0.25, 0.3) is 0 Å². The highest BCUT2D eigenvalue weighted by Gasteiger charge is 2.22. The largest absolute Gasteiger partial charge is 0.469 e. The Labute approximate surface area is 329 Å². The molecule has 0 amide bonds. The highest BCUT2D eigenvalue weighted by atomic mass is 31.2. The molecule has 0 aliphatic rings. The SMILES string of the molecule is CCCCCCCCCCCCCCCCCCCCC(=O)O[C@H](COC(=O)CCC/C=C\C/C=C\C/C=C\C/C=C\CCCCCO)COP(=O)(O)O. The Morgan fingerprint density at radius 3 is 1.39 bits per heavy atom. The second kappa shape index (κ2) is 40.6. The number of phosphoric acid groups is 1. The van der Waals surface area contributed by atoms with Crippen LogP contribution in [-0.2, 0) is 28.2 Å². The molecule has 10 heteroatoms. The Morgan fingerprint density at radius 2 is 0.926 bits per heavy atom. The van der Waals surface area contributed by atoms with E-state index in [0.717, 1.165) is 64.2 Å². The third-order valence-corrected chi connectivity index (χ3v) is 9.64. The second-order valence-corrected chi connectivity index (χ2v) is 15.6. The third kappa shape index (κ3) is 42.7. The van der Waals surface area contributed by atoms with Gasteiger partial charge in [0.05, 0.1) is 6.61 Å². The number of unbranched alkanes of at least 4 members (excludes halogenated alkanes) is 21. The number of esters is 2. The highest BCUT2D eigenvalue weighted by Crippen LogP contribution is 2.36. The molecule has 0 aromatic rings. The van der Waals surface area contributed by atoms with Crippen molar-refractivity contribution in [2.75, 3.05) is 19.8 Å². The molecule has 54 heavy (non-hydrogen) atoms. The molecular weight excluding hydrogens is 703 g/mol. The maximum atomic E-state index is 12.4. The third-order valence-electron chi connectivity index (χ3n) is 9.16. The molecule has 0 radical (unpaired) electrons. The Hall–Kier alpha value is -2.03. The first-order chi connectivity index (χ1) is 26.3. The number of hydrogen-bond acceptors (Lipinski definition) is 7. The standard InChI is InChI=1S/C44H79O9P/c1-2-3-4-5-6-7-8-9-10-11-13-17-20-23-26-29-32-35-38-44(47)53-42(41-52-54(48,49)50)40-51-43(46)37-34-31-28-25-22-19-16-14-12-15-18-21-24-27-30-33-36-39-45/h12,15-16,19,21,24-25,28,42,45H,2-11,13-14,17-18,20,22-23,26-27,29-41H2,1H3,(H2,48,49,50)/b15-12-,19-16-,24-21-,28-25-/t42-/m1/s1. The van der Waals surface area contributed by atoms with Crippen molar-refractivity contribution < 1.29 is 43.0 Å². The van der Waals surface area contributed by atoms with Gasteiger partial charge in [-0.25, -0.2) is 4.57 Å². The fourth-order valence-electron chi connectivity index (χ4n) is 5.93. The van der Waals surface area contributed by atoms with Gasteiger partial charge >= 0.3 is 19.8 Å². The number of aliphatic hydroxyl groups is 1. The van der Waals surface area contributed by atoms with Gasteiger partial charge in [-0.15, -0.1) is 0 Å². The van der Waals surface area contributed by atoms with Crippen LogP contribution in [0.3, 0.4) is 0 Å². The van der Waals surface area contributed by atoms with E-state index in [-0.39, 0.29) is 26.1 Å².